The number of carbonyl (C=O) groups excluding carboxylic acids is 4. The van der Waals surface area contributed by atoms with Gasteiger partial charge in [-0.1, -0.05) is 30.3 Å². The lowest BCUT2D eigenvalue weighted by atomic mass is 10.1. The van der Waals surface area contributed by atoms with Gasteiger partial charge in [0.1, 0.15) is 5.56 Å². The lowest BCUT2D eigenvalue weighted by Crippen LogP contribution is -2.29. The van der Waals surface area contributed by atoms with E-state index in [4.69, 9.17) is 0 Å². The van der Waals surface area contributed by atoms with E-state index in [-0.39, 0.29) is 33.6 Å². The summed E-state index contributed by atoms with van der Waals surface area (Å²) >= 11 is 0. The molecule has 3 aromatic rings. The number of nitro groups is 1. The largest absolute Gasteiger partial charge is 0.545 e. The maximum absolute atomic E-state index is 12.9. The third-order valence-corrected chi connectivity index (χ3v) is 4.85. The number of amides is 3. The maximum atomic E-state index is 12.9. The molecular weight excluding hydrogens is 418 g/mol. The normalized spacial score (nSPS) is 12.4. The lowest BCUT2D eigenvalue weighted by Gasteiger charge is -2.15. The minimum atomic E-state index is -1.47. The van der Waals surface area contributed by atoms with Crippen LogP contribution in [0.15, 0.2) is 66.7 Å². The van der Waals surface area contributed by atoms with Crippen LogP contribution in [0.2, 0.25) is 0 Å². The Kier molecular flexibility index (Phi) is 4.95. The molecule has 0 bridgehead atoms. The molecule has 4 rings (SSSR count). The summed E-state index contributed by atoms with van der Waals surface area (Å²) in [5.74, 6) is -3.80. The van der Waals surface area contributed by atoms with Crippen molar-refractivity contribution in [3.63, 3.8) is 0 Å². The molecule has 10 heteroatoms. The minimum absolute atomic E-state index is 0.0132. The average molecular weight is 430 g/mol. The number of rotatable bonds is 5. The molecular formula is C22H12N3O7-. The van der Waals surface area contributed by atoms with Gasteiger partial charge in [0.05, 0.1) is 27.8 Å². The molecule has 0 radical (unpaired) electrons. The van der Waals surface area contributed by atoms with Gasteiger partial charge in [0, 0.05) is 17.2 Å². The van der Waals surface area contributed by atoms with E-state index < -0.39 is 34.3 Å². The zero-order valence-corrected chi connectivity index (χ0v) is 16.1. The standard InChI is InChI=1S/C22H13N3O7/c26-19(23-16-9-2-1-7-14(16)22(29)30)12-5-3-6-13(11-12)24-20(27)15-8-4-10-17(25(31)32)18(15)21(24)28/h1-11H,(H,23,26)(H,29,30)/p-1. The van der Waals surface area contributed by atoms with E-state index in [0.29, 0.717) is 0 Å². The third kappa shape index (κ3) is 3.35. The molecule has 32 heavy (non-hydrogen) atoms. The van der Waals surface area contributed by atoms with Crippen molar-refractivity contribution >= 4 is 40.8 Å². The van der Waals surface area contributed by atoms with Gasteiger partial charge in [-0.05, 0) is 30.3 Å². The number of nitrogens with zero attached hydrogens (tertiary/aromatic N) is 2. The Bertz CT molecular complexity index is 1330. The molecule has 0 aromatic heterocycles. The first-order valence-electron chi connectivity index (χ1n) is 9.17. The van der Waals surface area contributed by atoms with Crippen LogP contribution < -0.4 is 15.3 Å². The predicted molar refractivity (Wildman–Crippen MR) is 109 cm³/mol. The first kappa shape index (κ1) is 20.4. The second-order valence-electron chi connectivity index (χ2n) is 6.74. The van der Waals surface area contributed by atoms with Crippen molar-refractivity contribution in [3.05, 3.63) is 99.1 Å². The zero-order chi connectivity index (χ0) is 23.0. The first-order valence-corrected chi connectivity index (χ1v) is 9.17. The number of fused-ring (bicyclic) bond motifs is 1. The van der Waals surface area contributed by atoms with E-state index in [1.807, 2.05) is 0 Å². The van der Waals surface area contributed by atoms with E-state index in [1.54, 1.807) is 0 Å². The predicted octanol–water partition coefficient (Wildman–Crippen LogP) is 2.01. The van der Waals surface area contributed by atoms with Crippen molar-refractivity contribution in [2.24, 2.45) is 0 Å². The summed E-state index contributed by atoms with van der Waals surface area (Å²) in [6, 6.07) is 14.9. The summed E-state index contributed by atoms with van der Waals surface area (Å²) in [6.45, 7) is 0. The highest BCUT2D eigenvalue weighted by Crippen LogP contribution is 2.34. The summed E-state index contributed by atoms with van der Waals surface area (Å²) in [7, 11) is 0. The number of benzene rings is 3. The number of carbonyl (C=O) groups is 4. The molecule has 10 nitrogen and oxygen atoms in total. The van der Waals surface area contributed by atoms with Crippen molar-refractivity contribution in [1.82, 2.24) is 0 Å². The Morgan fingerprint density at radius 1 is 0.906 bits per heavy atom. The Morgan fingerprint density at radius 3 is 2.34 bits per heavy atom. The summed E-state index contributed by atoms with van der Waals surface area (Å²) < 4.78 is 0. The number of nitro benzene ring substituents is 1. The Morgan fingerprint density at radius 2 is 1.62 bits per heavy atom. The average Bonchev–Trinajstić information content (AvgIpc) is 3.04. The Balaban J connectivity index is 1.67. The molecule has 158 valence electrons. The van der Waals surface area contributed by atoms with E-state index in [9.17, 15) is 34.4 Å². The fraction of sp³-hybridized carbons (Fsp3) is 0. The van der Waals surface area contributed by atoms with Crippen LogP contribution in [-0.2, 0) is 0 Å². The second kappa shape index (κ2) is 7.76. The van der Waals surface area contributed by atoms with Crippen LogP contribution in [-0.4, -0.2) is 28.6 Å². The summed E-state index contributed by atoms with van der Waals surface area (Å²) in [6.07, 6.45) is 0. The number of imide groups is 1. The third-order valence-electron chi connectivity index (χ3n) is 4.85. The number of aromatic carboxylic acids is 1. The Hall–Kier alpha value is -4.86. The van der Waals surface area contributed by atoms with Gasteiger partial charge in [-0.25, -0.2) is 4.90 Å². The van der Waals surface area contributed by atoms with Crippen LogP contribution in [0.4, 0.5) is 17.1 Å². The molecule has 0 saturated carbocycles. The molecule has 0 aliphatic carbocycles. The van der Waals surface area contributed by atoms with Gasteiger partial charge in [-0.15, -0.1) is 0 Å². The summed E-state index contributed by atoms with van der Waals surface area (Å²) in [4.78, 5) is 60.8. The summed E-state index contributed by atoms with van der Waals surface area (Å²) in [5.41, 5.74) is -1.06. The highest BCUT2D eigenvalue weighted by Gasteiger charge is 2.41. The van der Waals surface area contributed by atoms with Gasteiger partial charge < -0.3 is 15.2 Å². The molecule has 0 atom stereocenters. The molecule has 0 unspecified atom stereocenters. The van der Waals surface area contributed by atoms with E-state index in [1.165, 1.54) is 60.7 Å². The lowest BCUT2D eigenvalue weighted by molar-refractivity contribution is -0.385. The highest BCUT2D eigenvalue weighted by atomic mass is 16.6. The van der Waals surface area contributed by atoms with E-state index in [0.717, 1.165) is 11.0 Å². The topological polar surface area (TPSA) is 150 Å². The number of nitrogens with one attached hydrogen (secondary N) is 1. The van der Waals surface area contributed by atoms with Crippen molar-refractivity contribution in [2.75, 3.05) is 10.2 Å². The smallest absolute Gasteiger partial charge is 0.283 e. The van der Waals surface area contributed by atoms with Crippen LogP contribution in [0.1, 0.15) is 41.4 Å². The van der Waals surface area contributed by atoms with Crippen molar-refractivity contribution in [3.8, 4) is 0 Å². The number of para-hydroxylation sites is 1. The highest BCUT2D eigenvalue weighted by molar-refractivity contribution is 6.35. The first-order chi connectivity index (χ1) is 15.3. The number of anilines is 2. The number of hydrogen-bond acceptors (Lipinski definition) is 7. The summed E-state index contributed by atoms with van der Waals surface area (Å²) in [5, 5.41) is 25.0. The van der Waals surface area contributed by atoms with Gasteiger partial charge in [0.2, 0.25) is 0 Å². The molecule has 1 N–H and O–H groups in total. The molecule has 1 heterocycles. The molecule has 1 aliphatic rings. The zero-order valence-electron chi connectivity index (χ0n) is 16.1. The fourth-order valence-electron chi connectivity index (χ4n) is 3.41. The molecule has 0 fully saturated rings. The Labute approximate surface area is 179 Å². The SMILES string of the molecule is O=C(Nc1ccccc1C(=O)[O-])c1cccc(N2C(=O)c3cccc([N+](=O)[O-])c3C2=O)c1. The molecule has 0 spiro atoms. The van der Waals surface area contributed by atoms with E-state index >= 15 is 0 Å². The van der Waals surface area contributed by atoms with Crippen LogP contribution in [0.5, 0.6) is 0 Å². The molecule has 3 amide bonds. The molecule has 3 aromatic carbocycles. The minimum Gasteiger partial charge on any atom is -0.545 e. The second-order valence-corrected chi connectivity index (χ2v) is 6.74. The van der Waals surface area contributed by atoms with Gasteiger partial charge in [-0.3, -0.25) is 24.5 Å². The number of carboxylic acid groups (broad SMARTS) is 1. The van der Waals surface area contributed by atoms with Gasteiger partial charge in [0.25, 0.3) is 23.4 Å². The monoisotopic (exact) mass is 430 g/mol. The van der Waals surface area contributed by atoms with Crippen LogP contribution in [0.25, 0.3) is 0 Å². The van der Waals surface area contributed by atoms with Crippen LogP contribution >= 0.6 is 0 Å². The molecule has 0 saturated heterocycles. The molecule has 1 aliphatic heterocycles. The van der Waals surface area contributed by atoms with Crippen LogP contribution in [0, 0.1) is 10.1 Å². The van der Waals surface area contributed by atoms with Crippen LogP contribution in [0.3, 0.4) is 0 Å². The van der Waals surface area contributed by atoms with Crippen molar-refractivity contribution < 1.29 is 29.2 Å². The number of hydrogen-bond donors (Lipinski definition) is 1. The van der Waals surface area contributed by atoms with Gasteiger partial charge >= 0.3 is 0 Å². The van der Waals surface area contributed by atoms with E-state index in [2.05, 4.69) is 5.32 Å². The fourth-order valence-corrected chi connectivity index (χ4v) is 3.41. The number of carboxylic acids is 1. The quantitative estimate of drug-likeness (QED) is 0.369. The maximum Gasteiger partial charge on any atom is 0.283 e. The van der Waals surface area contributed by atoms with Gasteiger partial charge in [0.15, 0.2) is 0 Å². The van der Waals surface area contributed by atoms with Gasteiger partial charge in [-0.2, -0.15) is 0 Å². The van der Waals surface area contributed by atoms with Crippen molar-refractivity contribution in [2.45, 2.75) is 0 Å². The van der Waals surface area contributed by atoms with Crippen molar-refractivity contribution in [1.29, 1.82) is 0 Å².